The van der Waals surface area contributed by atoms with Gasteiger partial charge in [0.05, 0.1) is 23.6 Å². The number of phenols is 1. The molecule has 1 aliphatic rings. The summed E-state index contributed by atoms with van der Waals surface area (Å²) in [4.78, 5) is 39.2. The van der Waals surface area contributed by atoms with Crippen LogP contribution in [0.3, 0.4) is 0 Å². The van der Waals surface area contributed by atoms with Gasteiger partial charge in [0.25, 0.3) is 0 Å². The summed E-state index contributed by atoms with van der Waals surface area (Å²) >= 11 is 5.96. The second-order valence-corrected chi connectivity index (χ2v) is 8.68. The van der Waals surface area contributed by atoms with Crippen LogP contribution in [0.2, 0.25) is 5.02 Å². The maximum atomic E-state index is 13.4. The van der Waals surface area contributed by atoms with Gasteiger partial charge in [-0.2, -0.15) is 0 Å². The molecule has 7 nitrogen and oxygen atoms in total. The van der Waals surface area contributed by atoms with Crippen molar-refractivity contribution in [3.8, 4) is 22.6 Å². The van der Waals surface area contributed by atoms with E-state index in [2.05, 4.69) is 0 Å². The van der Waals surface area contributed by atoms with Gasteiger partial charge in [-0.3, -0.25) is 14.4 Å². The first kappa shape index (κ1) is 21.2. The minimum absolute atomic E-state index is 0.0196. The Hall–Kier alpha value is -4.36. The molecule has 5 aromatic rings. The monoisotopic (exact) mass is 486 g/mol. The summed E-state index contributed by atoms with van der Waals surface area (Å²) in [6, 6.07) is 14.6. The summed E-state index contributed by atoms with van der Waals surface area (Å²) in [6.07, 6.45) is 2.43. The standard InChI is InChI=1S/C27H15ClO7/c28-14-7-5-13(6-8-14)17-11-34-27-23-16(18-12-33-20-4-2-1-3-15(20)25(18)31)9-22(30)35-21(23)10-19(29)24(27)26(17)32/h1-8,10-12,16,29H,9H2/t16-/m0/s1. The van der Waals surface area contributed by atoms with Crippen molar-refractivity contribution in [3.05, 3.63) is 104 Å². The van der Waals surface area contributed by atoms with Gasteiger partial charge < -0.3 is 18.7 Å². The summed E-state index contributed by atoms with van der Waals surface area (Å²) in [6.45, 7) is 0. The lowest BCUT2D eigenvalue weighted by atomic mass is 9.85. The number of benzene rings is 3. The predicted molar refractivity (Wildman–Crippen MR) is 129 cm³/mol. The van der Waals surface area contributed by atoms with E-state index < -0.39 is 23.1 Å². The van der Waals surface area contributed by atoms with Crippen LogP contribution < -0.4 is 15.6 Å². The number of halogens is 1. The van der Waals surface area contributed by atoms with Gasteiger partial charge >= 0.3 is 5.97 Å². The summed E-state index contributed by atoms with van der Waals surface area (Å²) in [7, 11) is 0. The van der Waals surface area contributed by atoms with Crippen molar-refractivity contribution in [1.82, 2.24) is 0 Å². The third kappa shape index (κ3) is 3.32. The van der Waals surface area contributed by atoms with E-state index in [0.29, 0.717) is 27.1 Å². The molecule has 3 aromatic carbocycles. The first-order chi connectivity index (χ1) is 16.9. The smallest absolute Gasteiger partial charge is 0.312 e. The van der Waals surface area contributed by atoms with E-state index >= 15 is 0 Å². The van der Waals surface area contributed by atoms with Gasteiger partial charge in [-0.05, 0) is 29.8 Å². The normalized spacial score (nSPS) is 15.2. The van der Waals surface area contributed by atoms with Gasteiger partial charge in [0, 0.05) is 28.1 Å². The highest BCUT2D eigenvalue weighted by Crippen LogP contribution is 2.45. The number of para-hydroxylation sites is 1. The Labute approximate surface area is 201 Å². The minimum atomic E-state index is -0.806. The Morgan fingerprint density at radius 3 is 2.49 bits per heavy atom. The Balaban J connectivity index is 1.63. The molecule has 1 atom stereocenters. The molecular weight excluding hydrogens is 472 g/mol. The van der Waals surface area contributed by atoms with Gasteiger partial charge in [-0.25, -0.2) is 0 Å². The molecule has 35 heavy (non-hydrogen) atoms. The van der Waals surface area contributed by atoms with Crippen LogP contribution in [0.25, 0.3) is 33.1 Å². The summed E-state index contributed by atoms with van der Waals surface area (Å²) < 4.78 is 16.9. The highest BCUT2D eigenvalue weighted by Gasteiger charge is 2.35. The van der Waals surface area contributed by atoms with Crippen molar-refractivity contribution >= 4 is 39.5 Å². The van der Waals surface area contributed by atoms with Crippen molar-refractivity contribution in [1.29, 1.82) is 0 Å². The van der Waals surface area contributed by atoms with Crippen LogP contribution in [0.4, 0.5) is 0 Å². The Kier molecular flexibility index (Phi) is 4.76. The number of fused-ring (bicyclic) bond motifs is 4. The molecule has 1 N–H and O–H groups in total. The van der Waals surface area contributed by atoms with Crippen LogP contribution in [0.1, 0.15) is 23.5 Å². The third-order valence-corrected chi connectivity index (χ3v) is 6.46. The molecule has 2 aromatic heterocycles. The largest absolute Gasteiger partial charge is 0.507 e. The van der Waals surface area contributed by atoms with Gasteiger partial charge in [0.15, 0.2) is 5.43 Å². The number of carbonyl (C=O) groups excluding carboxylic acids is 1. The summed E-state index contributed by atoms with van der Waals surface area (Å²) in [5, 5.41) is 11.5. The molecular formula is C27H15ClO7. The zero-order chi connectivity index (χ0) is 24.3. The predicted octanol–water partition coefficient (Wildman–Crippen LogP) is 5.37. The first-order valence-electron chi connectivity index (χ1n) is 10.7. The maximum Gasteiger partial charge on any atom is 0.312 e. The lowest BCUT2D eigenvalue weighted by Gasteiger charge is -2.25. The zero-order valence-corrected chi connectivity index (χ0v) is 18.7. The van der Waals surface area contributed by atoms with Crippen LogP contribution in [0.5, 0.6) is 11.5 Å². The van der Waals surface area contributed by atoms with Crippen molar-refractivity contribution < 1.29 is 23.5 Å². The molecule has 3 heterocycles. The quantitative estimate of drug-likeness (QED) is 0.264. The zero-order valence-electron chi connectivity index (χ0n) is 17.9. The van der Waals surface area contributed by atoms with Gasteiger partial charge in [-0.1, -0.05) is 35.9 Å². The maximum absolute atomic E-state index is 13.4. The molecule has 0 unspecified atom stereocenters. The average molecular weight is 487 g/mol. The number of hydrogen-bond donors (Lipinski definition) is 1. The lowest BCUT2D eigenvalue weighted by Crippen LogP contribution is -2.25. The number of rotatable bonds is 2. The fourth-order valence-electron chi connectivity index (χ4n) is 4.56. The number of ether oxygens (including phenoxy) is 1. The molecule has 0 aliphatic carbocycles. The molecule has 0 saturated heterocycles. The van der Waals surface area contributed by atoms with E-state index in [1.165, 1.54) is 18.6 Å². The van der Waals surface area contributed by atoms with Crippen molar-refractivity contribution in [2.24, 2.45) is 0 Å². The van der Waals surface area contributed by atoms with Crippen LogP contribution in [-0.2, 0) is 4.79 Å². The number of hydrogen-bond acceptors (Lipinski definition) is 7. The molecule has 0 saturated carbocycles. The Bertz CT molecular complexity index is 1780. The van der Waals surface area contributed by atoms with Crippen LogP contribution >= 0.6 is 11.6 Å². The molecule has 0 spiro atoms. The molecule has 6 rings (SSSR count). The van der Waals surface area contributed by atoms with E-state index in [9.17, 15) is 19.5 Å². The summed E-state index contributed by atoms with van der Waals surface area (Å²) in [5.41, 5.74) is 0.980. The molecule has 8 heteroatoms. The highest BCUT2D eigenvalue weighted by molar-refractivity contribution is 6.30. The second-order valence-electron chi connectivity index (χ2n) is 8.24. The summed E-state index contributed by atoms with van der Waals surface area (Å²) in [5.74, 6) is -1.78. The SMILES string of the molecule is O=C1C[C@@H](c2coc3ccccc3c2=O)c2c(cc(O)c3c(=O)c(-c4ccc(Cl)cc4)coc23)O1. The highest BCUT2D eigenvalue weighted by atomic mass is 35.5. The third-order valence-electron chi connectivity index (χ3n) is 6.21. The fourth-order valence-corrected chi connectivity index (χ4v) is 4.69. The fraction of sp³-hybridized carbons (Fsp3) is 0.0741. The van der Waals surface area contributed by atoms with Crippen LogP contribution in [0, 0.1) is 0 Å². The van der Waals surface area contributed by atoms with Crippen LogP contribution in [0.15, 0.2) is 85.5 Å². The van der Waals surface area contributed by atoms with Crippen LogP contribution in [-0.4, -0.2) is 11.1 Å². The van der Waals surface area contributed by atoms with Crippen molar-refractivity contribution in [2.45, 2.75) is 12.3 Å². The molecule has 1 aliphatic heterocycles. The number of esters is 1. The number of carbonyl (C=O) groups is 1. The topological polar surface area (TPSA) is 107 Å². The van der Waals surface area contributed by atoms with Crippen molar-refractivity contribution in [3.63, 3.8) is 0 Å². The van der Waals surface area contributed by atoms with Gasteiger partial charge in [0.1, 0.15) is 34.3 Å². The molecule has 172 valence electrons. The minimum Gasteiger partial charge on any atom is -0.507 e. The Morgan fingerprint density at radius 2 is 1.69 bits per heavy atom. The first-order valence-corrected chi connectivity index (χ1v) is 11.1. The number of phenolic OH excluding ortho intramolecular Hbond substituents is 1. The molecule has 0 fully saturated rings. The van der Waals surface area contributed by atoms with E-state index in [-0.39, 0.29) is 39.7 Å². The lowest BCUT2D eigenvalue weighted by molar-refractivity contribution is -0.135. The van der Waals surface area contributed by atoms with Gasteiger partial charge in [-0.15, -0.1) is 0 Å². The Morgan fingerprint density at radius 1 is 0.914 bits per heavy atom. The van der Waals surface area contributed by atoms with Gasteiger partial charge in [0.2, 0.25) is 5.43 Å². The molecule has 0 amide bonds. The molecule has 0 radical (unpaired) electrons. The second kappa shape index (κ2) is 7.85. The number of aromatic hydroxyl groups is 1. The van der Waals surface area contributed by atoms with E-state index in [4.69, 9.17) is 25.2 Å². The average Bonchev–Trinajstić information content (AvgIpc) is 2.84. The van der Waals surface area contributed by atoms with Crippen molar-refractivity contribution in [2.75, 3.05) is 0 Å². The van der Waals surface area contributed by atoms with E-state index in [1.54, 1.807) is 48.5 Å². The molecule has 0 bridgehead atoms. The van der Waals surface area contributed by atoms with E-state index in [0.717, 1.165) is 0 Å². The van der Waals surface area contributed by atoms with E-state index in [1.807, 2.05) is 0 Å².